The van der Waals surface area contributed by atoms with Gasteiger partial charge in [0, 0.05) is 45.3 Å². The summed E-state index contributed by atoms with van der Waals surface area (Å²) in [5.74, 6) is 0.584. The Kier molecular flexibility index (Phi) is 5.03. The summed E-state index contributed by atoms with van der Waals surface area (Å²) in [7, 11) is 0. The Hall–Kier alpha value is -1.86. The first-order chi connectivity index (χ1) is 12.3. The molecule has 5 rings (SSSR count). The third kappa shape index (κ3) is 4.22. The van der Waals surface area contributed by atoms with Crippen LogP contribution in [0.5, 0.6) is 0 Å². The van der Waals surface area contributed by atoms with E-state index in [1.54, 1.807) is 23.1 Å². The second-order valence-corrected chi connectivity index (χ2v) is 7.34. The van der Waals surface area contributed by atoms with Crippen LogP contribution in [0.1, 0.15) is 24.8 Å². The number of nitrogens with zero attached hydrogens (tertiary/aromatic N) is 6. The van der Waals surface area contributed by atoms with Crippen LogP contribution < -0.4 is 0 Å². The van der Waals surface area contributed by atoms with Crippen molar-refractivity contribution in [3.63, 3.8) is 0 Å². The van der Waals surface area contributed by atoms with Crippen LogP contribution in [0, 0.1) is 11.7 Å². The van der Waals surface area contributed by atoms with Gasteiger partial charge in [-0.15, -0.1) is 5.10 Å². The average Bonchev–Trinajstić information content (AvgIpc) is 2.98. The van der Waals surface area contributed by atoms with Crippen molar-refractivity contribution in [2.24, 2.45) is 5.92 Å². The number of hydrogen-bond donors (Lipinski definition) is 0. The molecule has 3 saturated heterocycles. The summed E-state index contributed by atoms with van der Waals surface area (Å²) in [6.45, 7) is 6.35. The van der Waals surface area contributed by atoms with Gasteiger partial charge in [0.25, 0.3) is 0 Å². The third-order valence-electron chi connectivity index (χ3n) is 5.45. The van der Waals surface area contributed by atoms with Crippen LogP contribution in [-0.4, -0.2) is 62.2 Å². The van der Waals surface area contributed by atoms with Gasteiger partial charge in [-0.1, -0.05) is 12.1 Å². The normalized spacial score (nSPS) is 24.5. The van der Waals surface area contributed by atoms with E-state index >= 15 is 0 Å². The van der Waals surface area contributed by atoms with E-state index in [4.69, 9.17) is 0 Å². The number of tetrazole rings is 1. The minimum absolute atomic E-state index is 0.159. The van der Waals surface area contributed by atoms with Gasteiger partial charge in [-0.3, -0.25) is 9.80 Å². The van der Waals surface area contributed by atoms with Gasteiger partial charge in [0.05, 0.1) is 0 Å². The van der Waals surface area contributed by atoms with Gasteiger partial charge in [0.1, 0.15) is 12.1 Å². The number of halogens is 1. The summed E-state index contributed by atoms with van der Waals surface area (Å²) in [4.78, 5) is 5.21. The lowest BCUT2D eigenvalue weighted by Crippen LogP contribution is -2.44. The molecule has 134 valence electrons. The second kappa shape index (κ2) is 7.58. The van der Waals surface area contributed by atoms with Crippen LogP contribution in [-0.2, 0) is 13.1 Å². The van der Waals surface area contributed by atoms with Crippen molar-refractivity contribution in [2.75, 3.05) is 26.2 Å². The monoisotopic (exact) mass is 344 g/mol. The predicted molar refractivity (Wildman–Crippen MR) is 92.2 cm³/mol. The van der Waals surface area contributed by atoms with Crippen molar-refractivity contribution in [1.82, 2.24) is 30.0 Å². The van der Waals surface area contributed by atoms with E-state index in [0.29, 0.717) is 6.04 Å². The lowest BCUT2D eigenvalue weighted by Gasteiger charge is -2.36. The Morgan fingerprint density at radius 3 is 2.72 bits per heavy atom. The van der Waals surface area contributed by atoms with E-state index in [2.05, 4.69) is 25.3 Å². The number of benzene rings is 1. The lowest BCUT2D eigenvalue weighted by atomic mass is 9.95. The molecule has 0 unspecified atom stereocenters. The fourth-order valence-corrected chi connectivity index (χ4v) is 4.25. The highest BCUT2D eigenvalue weighted by atomic mass is 19.1. The quantitative estimate of drug-likeness (QED) is 0.800. The Morgan fingerprint density at radius 1 is 1.04 bits per heavy atom. The highest BCUT2D eigenvalue weighted by Gasteiger charge is 2.34. The highest BCUT2D eigenvalue weighted by Crippen LogP contribution is 2.28. The van der Waals surface area contributed by atoms with Crippen molar-refractivity contribution in [1.29, 1.82) is 0 Å². The van der Waals surface area contributed by atoms with Gasteiger partial charge < -0.3 is 0 Å². The van der Waals surface area contributed by atoms with Gasteiger partial charge in [-0.2, -0.15) is 0 Å². The standard InChI is InChI=1S/C18H25FN6/c19-17-5-2-15(3-6-17)10-23-11-16-4-7-18(13-23)24(12-16)8-1-9-25-14-20-21-22-25/h2-3,5-6,14,16,18H,1,4,7-13H2/t16-,18+/m1/s1. The molecule has 2 bridgehead atoms. The van der Waals surface area contributed by atoms with E-state index < -0.39 is 0 Å². The molecular formula is C18H25FN6. The van der Waals surface area contributed by atoms with Crippen LogP contribution in [0.15, 0.2) is 30.6 Å². The van der Waals surface area contributed by atoms with E-state index in [1.165, 1.54) is 24.9 Å². The van der Waals surface area contributed by atoms with Crippen LogP contribution >= 0.6 is 0 Å². The largest absolute Gasteiger partial charge is 0.299 e. The molecule has 1 aromatic heterocycles. The molecule has 0 aliphatic carbocycles. The molecule has 2 aromatic rings. The minimum Gasteiger partial charge on any atom is -0.299 e. The number of aryl methyl sites for hydroxylation is 1. The number of hydrogen-bond acceptors (Lipinski definition) is 5. The molecule has 0 radical (unpaired) electrons. The van der Waals surface area contributed by atoms with Crippen molar-refractivity contribution in [3.8, 4) is 0 Å². The van der Waals surface area contributed by atoms with Gasteiger partial charge in [0.2, 0.25) is 0 Å². The highest BCUT2D eigenvalue weighted by molar-refractivity contribution is 5.16. The maximum atomic E-state index is 13.1. The number of fused-ring (bicyclic) bond motifs is 4. The summed E-state index contributed by atoms with van der Waals surface area (Å²) in [5, 5.41) is 11.3. The Labute approximate surface area is 147 Å². The molecule has 3 aliphatic heterocycles. The molecule has 0 amide bonds. The molecule has 25 heavy (non-hydrogen) atoms. The maximum Gasteiger partial charge on any atom is 0.138 e. The van der Waals surface area contributed by atoms with Crippen molar-refractivity contribution in [2.45, 2.75) is 38.4 Å². The van der Waals surface area contributed by atoms with Crippen molar-refractivity contribution < 1.29 is 4.39 Å². The lowest BCUT2D eigenvalue weighted by molar-refractivity contribution is 0.127. The predicted octanol–water partition coefficient (Wildman–Crippen LogP) is 1.80. The third-order valence-corrected chi connectivity index (χ3v) is 5.45. The fourth-order valence-electron chi connectivity index (χ4n) is 4.25. The molecule has 3 aliphatic rings. The van der Waals surface area contributed by atoms with Crippen LogP contribution in [0.4, 0.5) is 4.39 Å². The van der Waals surface area contributed by atoms with Gasteiger partial charge in [-0.05, 0) is 53.3 Å². The molecule has 7 heteroatoms. The average molecular weight is 344 g/mol. The zero-order valence-electron chi connectivity index (χ0n) is 14.5. The SMILES string of the molecule is Fc1ccc(CN2C[C@H]3CC[C@@H](C2)N(CCCn2cnnn2)C3)cc1. The summed E-state index contributed by atoms with van der Waals surface area (Å²) in [6, 6.07) is 7.58. The molecule has 4 heterocycles. The first-order valence-electron chi connectivity index (χ1n) is 9.18. The zero-order chi connectivity index (χ0) is 17.1. The summed E-state index contributed by atoms with van der Waals surface area (Å²) >= 11 is 0. The maximum absolute atomic E-state index is 13.1. The number of rotatable bonds is 6. The number of piperidine rings is 1. The summed E-state index contributed by atoms with van der Waals surface area (Å²) in [5.41, 5.74) is 1.20. The molecule has 0 spiro atoms. The fraction of sp³-hybridized carbons (Fsp3) is 0.611. The Bertz CT molecular complexity index is 659. The second-order valence-electron chi connectivity index (χ2n) is 7.34. The van der Waals surface area contributed by atoms with E-state index in [9.17, 15) is 4.39 Å². The molecule has 0 N–H and O–H groups in total. The molecule has 0 saturated carbocycles. The summed E-state index contributed by atoms with van der Waals surface area (Å²) in [6.07, 6.45) is 5.37. The topological polar surface area (TPSA) is 50.1 Å². The van der Waals surface area contributed by atoms with Gasteiger partial charge >= 0.3 is 0 Å². The van der Waals surface area contributed by atoms with Gasteiger partial charge in [0.15, 0.2) is 0 Å². The van der Waals surface area contributed by atoms with E-state index in [0.717, 1.165) is 45.1 Å². The molecular weight excluding hydrogens is 319 g/mol. The smallest absolute Gasteiger partial charge is 0.138 e. The first kappa shape index (κ1) is 16.6. The first-order valence-corrected chi connectivity index (χ1v) is 9.18. The molecule has 3 fully saturated rings. The minimum atomic E-state index is -0.159. The van der Waals surface area contributed by atoms with E-state index in [1.807, 2.05) is 12.1 Å². The van der Waals surface area contributed by atoms with Gasteiger partial charge in [-0.25, -0.2) is 9.07 Å². The van der Waals surface area contributed by atoms with Crippen molar-refractivity contribution in [3.05, 3.63) is 42.0 Å². The zero-order valence-corrected chi connectivity index (χ0v) is 14.5. The Balaban J connectivity index is 1.32. The van der Waals surface area contributed by atoms with Crippen LogP contribution in [0.3, 0.4) is 0 Å². The molecule has 6 nitrogen and oxygen atoms in total. The molecule has 1 aromatic carbocycles. The van der Waals surface area contributed by atoms with Crippen molar-refractivity contribution >= 4 is 0 Å². The summed E-state index contributed by atoms with van der Waals surface area (Å²) < 4.78 is 14.9. The van der Waals surface area contributed by atoms with Crippen LogP contribution in [0.2, 0.25) is 0 Å². The Morgan fingerprint density at radius 2 is 1.92 bits per heavy atom. The molecule has 2 atom stereocenters. The number of aromatic nitrogens is 4. The van der Waals surface area contributed by atoms with Crippen LogP contribution in [0.25, 0.3) is 0 Å². The van der Waals surface area contributed by atoms with E-state index in [-0.39, 0.29) is 5.82 Å².